The Kier molecular flexibility index (Phi) is 8.17. The van der Waals surface area contributed by atoms with Crippen LogP contribution in [-0.2, 0) is 31.2 Å². The first-order chi connectivity index (χ1) is 16.7. The van der Waals surface area contributed by atoms with E-state index in [2.05, 4.69) is 5.32 Å². The first-order valence-electron chi connectivity index (χ1n) is 11.3. The molecule has 0 aliphatic carbocycles. The number of hydrogen-bond acceptors (Lipinski definition) is 6. The topological polar surface area (TPSA) is 104 Å². The van der Waals surface area contributed by atoms with Crippen LogP contribution in [0.1, 0.15) is 48.4 Å². The summed E-state index contributed by atoms with van der Waals surface area (Å²) in [7, 11) is -0.605. The molecule has 1 amide bonds. The van der Waals surface area contributed by atoms with Crippen LogP contribution < -0.4 is 5.32 Å². The molecule has 8 nitrogen and oxygen atoms in total. The number of carbonyl (C=O) groups excluding carboxylic acids is 2. The van der Waals surface area contributed by atoms with Crippen molar-refractivity contribution in [3.8, 4) is 0 Å². The molecular formula is C26H31ClN2O6S. The number of sulfone groups is 1. The fourth-order valence-electron chi connectivity index (χ4n) is 3.65. The third-order valence-corrected chi connectivity index (χ3v) is 7.94. The van der Waals surface area contributed by atoms with Crippen LogP contribution in [0.25, 0.3) is 10.9 Å². The zero-order chi connectivity index (χ0) is 26.8. The van der Waals surface area contributed by atoms with E-state index < -0.39 is 33.2 Å². The van der Waals surface area contributed by atoms with Crippen LogP contribution in [0.3, 0.4) is 0 Å². The summed E-state index contributed by atoms with van der Waals surface area (Å²) in [6, 6.07) is 11.2. The summed E-state index contributed by atoms with van der Waals surface area (Å²) >= 11 is 6.35. The maximum Gasteiger partial charge on any atom is 0.321 e. The van der Waals surface area contributed by atoms with Gasteiger partial charge in [-0.25, -0.2) is 8.42 Å². The highest BCUT2D eigenvalue weighted by Gasteiger charge is 2.24. The van der Waals surface area contributed by atoms with Gasteiger partial charge >= 0.3 is 5.97 Å². The van der Waals surface area contributed by atoms with Crippen molar-refractivity contribution in [2.45, 2.75) is 44.2 Å². The standard InChI is InChI=1S/C26H31ClN2O6S/c1-16-11-21(27)20-13-23(29(5)22(20)12-16)25(31)28-17(2)18-7-9-19(10-8-18)36(32,33)14-24(30)35-15-26(3,4)34-6/h7-13,17H,14-15H2,1-6H3,(H,28,31)/t17-/m1/s1. The Balaban J connectivity index is 1.68. The molecule has 1 heterocycles. The minimum Gasteiger partial charge on any atom is -0.462 e. The summed E-state index contributed by atoms with van der Waals surface area (Å²) < 4.78 is 37.3. The third-order valence-electron chi connectivity index (χ3n) is 6.02. The molecule has 1 atom stereocenters. The summed E-state index contributed by atoms with van der Waals surface area (Å²) in [5, 5.41) is 4.31. The number of benzene rings is 2. The van der Waals surface area contributed by atoms with Crippen molar-refractivity contribution in [3.05, 3.63) is 64.3 Å². The first kappa shape index (κ1) is 27.7. The molecule has 3 rings (SSSR count). The average Bonchev–Trinajstić information content (AvgIpc) is 3.14. The van der Waals surface area contributed by atoms with E-state index in [4.69, 9.17) is 21.1 Å². The number of methoxy groups -OCH3 is 1. The maximum atomic E-state index is 13.0. The smallest absolute Gasteiger partial charge is 0.321 e. The second-order valence-electron chi connectivity index (χ2n) is 9.42. The van der Waals surface area contributed by atoms with E-state index in [1.54, 1.807) is 50.6 Å². The van der Waals surface area contributed by atoms with Crippen molar-refractivity contribution >= 4 is 44.2 Å². The largest absolute Gasteiger partial charge is 0.462 e. The van der Waals surface area contributed by atoms with Crippen LogP contribution in [0.4, 0.5) is 0 Å². The molecular weight excluding hydrogens is 504 g/mol. The van der Waals surface area contributed by atoms with Gasteiger partial charge in [-0.2, -0.15) is 0 Å². The van der Waals surface area contributed by atoms with E-state index in [1.165, 1.54) is 19.2 Å². The zero-order valence-corrected chi connectivity index (χ0v) is 22.8. The Bertz CT molecular complexity index is 1390. The van der Waals surface area contributed by atoms with Gasteiger partial charge in [0.1, 0.15) is 12.3 Å². The summed E-state index contributed by atoms with van der Waals surface area (Å²) in [5.41, 5.74) is 2.31. The van der Waals surface area contributed by atoms with Crippen molar-refractivity contribution in [3.63, 3.8) is 0 Å². The number of ether oxygens (including phenoxy) is 2. The van der Waals surface area contributed by atoms with Crippen LogP contribution in [0, 0.1) is 6.92 Å². The number of esters is 1. The molecule has 1 aromatic heterocycles. The lowest BCUT2D eigenvalue weighted by atomic mass is 10.1. The van der Waals surface area contributed by atoms with Crippen molar-refractivity contribution < 1.29 is 27.5 Å². The van der Waals surface area contributed by atoms with E-state index >= 15 is 0 Å². The molecule has 36 heavy (non-hydrogen) atoms. The van der Waals surface area contributed by atoms with Gasteiger partial charge in [-0.05, 0) is 69.2 Å². The van der Waals surface area contributed by atoms with Crippen LogP contribution in [-0.4, -0.2) is 49.9 Å². The highest BCUT2D eigenvalue weighted by atomic mass is 35.5. The summed E-state index contributed by atoms with van der Waals surface area (Å²) in [5.74, 6) is -1.91. The van der Waals surface area contributed by atoms with Crippen LogP contribution >= 0.6 is 11.6 Å². The highest BCUT2D eigenvalue weighted by Crippen LogP contribution is 2.28. The molecule has 0 aliphatic rings. The Labute approximate surface area is 216 Å². The van der Waals surface area contributed by atoms with E-state index in [0.717, 1.165) is 16.5 Å². The molecule has 0 unspecified atom stereocenters. The molecule has 3 aromatic rings. The summed E-state index contributed by atoms with van der Waals surface area (Å²) in [4.78, 5) is 25.0. The van der Waals surface area contributed by atoms with E-state index in [1.807, 2.05) is 19.1 Å². The van der Waals surface area contributed by atoms with Gasteiger partial charge in [0, 0.05) is 19.5 Å². The van der Waals surface area contributed by atoms with Crippen LogP contribution in [0.5, 0.6) is 0 Å². The number of fused-ring (bicyclic) bond motifs is 1. The summed E-state index contributed by atoms with van der Waals surface area (Å²) in [6.07, 6.45) is 0. The highest BCUT2D eigenvalue weighted by molar-refractivity contribution is 7.92. The molecule has 194 valence electrons. The summed E-state index contributed by atoms with van der Waals surface area (Å²) in [6.45, 7) is 7.13. The first-order valence-corrected chi connectivity index (χ1v) is 13.4. The SMILES string of the molecule is COC(C)(C)COC(=O)CS(=O)(=O)c1ccc([C@@H](C)NC(=O)c2cc3c(Cl)cc(C)cc3n2C)cc1. The maximum absolute atomic E-state index is 13.0. The van der Waals surface area contributed by atoms with Gasteiger partial charge in [0.2, 0.25) is 0 Å². The van der Waals surface area contributed by atoms with Gasteiger partial charge in [-0.3, -0.25) is 9.59 Å². The lowest BCUT2D eigenvalue weighted by Crippen LogP contribution is -2.32. The number of nitrogens with zero attached hydrogens (tertiary/aromatic N) is 1. The monoisotopic (exact) mass is 534 g/mol. The predicted octanol–water partition coefficient (Wildman–Crippen LogP) is 4.37. The van der Waals surface area contributed by atoms with Gasteiger partial charge < -0.3 is 19.4 Å². The number of aromatic nitrogens is 1. The minimum atomic E-state index is -3.89. The number of carbonyl (C=O) groups is 2. The van der Waals surface area contributed by atoms with Crippen LogP contribution in [0.2, 0.25) is 5.02 Å². The van der Waals surface area contributed by atoms with Crippen molar-refractivity contribution in [1.82, 2.24) is 9.88 Å². The molecule has 10 heteroatoms. The predicted molar refractivity (Wildman–Crippen MR) is 139 cm³/mol. The molecule has 0 saturated heterocycles. The van der Waals surface area contributed by atoms with Gasteiger partial charge in [0.05, 0.1) is 27.1 Å². The Morgan fingerprint density at radius 3 is 2.39 bits per heavy atom. The molecule has 0 spiro atoms. The normalized spacial score (nSPS) is 13.0. The Morgan fingerprint density at radius 1 is 1.14 bits per heavy atom. The second-order valence-corrected chi connectivity index (χ2v) is 11.8. The molecule has 0 fully saturated rings. The van der Waals surface area contributed by atoms with Crippen molar-refractivity contribution in [1.29, 1.82) is 0 Å². The number of hydrogen-bond donors (Lipinski definition) is 1. The molecule has 0 saturated carbocycles. The molecule has 0 bridgehead atoms. The third kappa shape index (κ3) is 6.27. The van der Waals surface area contributed by atoms with E-state index in [-0.39, 0.29) is 17.4 Å². The fourth-order valence-corrected chi connectivity index (χ4v) is 5.08. The lowest BCUT2D eigenvalue weighted by Gasteiger charge is -2.22. The Hall–Kier alpha value is -2.88. The van der Waals surface area contributed by atoms with Gasteiger partial charge in [0.25, 0.3) is 5.91 Å². The molecule has 1 N–H and O–H groups in total. The van der Waals surface area contributed by atoms with E-state index in [9.17, 15) is 18.0 Å². The minimum absolute atomic E-state index is 0.00794. The molecule has 0 aliphatic heterocycles. The molecule has 2 aromatic carbocycles. The zero-order valence-electron chi connectivity index (χ0n) is 21.2. The molecule has 0 radical (unpaired) electrons. The van der Waals surface area contributed by atoms with Gasteiger partial charge in [0.15, 0.2) is 15.6 Å². The van der Waals surface area contributed by atoms with Crippen molar-refractivity contribution in [2.75, 3.05) is 19.5 Å². The number of rotatable bonds is 9. The van der Waals surface area contributed by atoms with Crippen LogP contribution in [0.15, 0.2) is 47.4 Å². The van der Waals surface area contributed by atoms with Gasteiger partial charge in [-0.1, -0.05) is 23.7 Å². The Morgan fingerprint density at radius 2 is 1.78 bits per heavy atom. The number of halogens is 1. The quantitative estimate of drug-likeness (QED) is 0.409. The van der Waals surface area contributed by atoms with Gasteiger partial charge in [-0.15, -0.1) is 0 Å². The fraction of sp³-hybridized carbons (Fsp3) is 0.385. The number of amides is 1. The van der Waals surface area contributed by atoms with E-state index in [0.29, 0.717) is 16.3 Å². The second kappa shape index (κ2) is 10.6. The van der Waals surface area contributed by atoms with Crippen molar-refractivity contribution in [2.24, 2.45) is 7.05 Å². The average molecular weight is 535 g/mol. The lowest BCUT2D eigenvalue weighted by molar-refractivity contribution is -0.148. The number of aryl methyl sites for hydroxylation is 2. The number of nitrogens with one attached hydrogen (secondary N) is 1.